The third kappa shape index (κ3) is 6.33. The molecule has 0 spiro atoms. The summed E-state index contributed by atoms with van der Waals surface area (Å²) in [6, 6.07) is 61.9. The van der Waals surface area contributed by atoms with Crippen LogP contribution in [0.2, 0.25) is 0 Å². The van der Waals surface area contributed by atoms with Gasteiger partial charge in [0, 0.05) is 53.6 Å². The predicted molar refractivity (Wildman–Crippen MR) is 224 cm³/mol. The molecule has 0 N–H and O–H groups in total. The summed E-state index contributed by atoms with van der Waals surface area (Å²) in [6.45, 7) is 0. The number of hydrogen-bond donors (Lipinski definition) is 0. The first-order valence-corrected chi connectivity index (χ1v) is 18.9. The van der Waals surface area contributed by atoms with Gasteiger partial charge in [-0.15, -0.1) is 11.3 Å². The van der Waals surface area contributed by atoms with Crippen LogP contribution < -0.4 is 0 Å². The van der Waals surface area contributed by atoms with Gasteiger partial charge in [0.25, 0.3) is 0 Å². The van der Waals surface area contributed by atoms with Gasteiger partial charge in [0.2, 0.25) is 0 Å². The highest BCUT2D eigenvalue weighted by atomic mass is 32.1. The van der Waals surface area contributed by atoms with Crippen molar-refractivity contribution in [2.24, 2.45) is 0 Å². The SMILES string of the molecule is c1ccc(-c2nc(-c3ccccc3)nc(-c3ccc(-c4cccc5c4sc4ccc(-c6nc(-c7ccccc7)nc(-c7ccccc7)n6)cc45)cc3)n2)cc1. The van der Waals surface area contributed by atoms with Gasteiger partial charge in [-0.2, -0.15) is 0 Å². The number of rotatable bonds is 7. The summed E-state index contributed by atoms with van der Waals surface area (Å²) in [5, 5.41) is 2.37. The van der Waals surface area contributed by atoms with Crippen LogP contribution in [0.15, 0.2) is 182 Å². The van der Waals surface area contributed by atoms with Crippen LogP contribution in [0.1, 0.15) is 0 Å². The lowest BCUT2D eigenvalue weighted by atomic mass is 10.0. The molecule has 55 heavy (non-hydrogen) atoms. The molecule has 0 saturated carbocycles. The number of aromatic nitrogens is 6. The minimum atomic E-state index is 0.635. The first-order chi connectivity index (χ1) is 27.2. The summed E-state index contributed by atoms with van der Waals surface area (Å²) in [7, 11) is 0. The molecule has 0 radical (unpaired) electrons. The van der Waals surface area contributed by atoms with Gasteiger partial charge < -0.3 is 0 Å². The monoisotopic (exact) mass is 722 g/mol. The Hall–Kier alpha value is -7.22. The molecule has 258 valence electrons. The largest absolute Gasteiger partial charge is 0.208 e. The van der Waals surface area contributed by atoms with Crippen molar-refractivity contribution < 1.29 is 0 Å². The number of benzene rings is 7. The molecule has 0 aliphatic rings. The molecule has 7 heteroatoms. The van der Waals surface area contributed by atoms with Gasteiger partial charge in [0.1, 0.15) is 0 Å². The topological polar surface area (TPSA) is 77.3 Å². The molecule has 7 aromatic carbocycles. The fourth-order valence-electron chi connectivity index (χ4n) is 6.84. The van der Waals surface area contributed by atoms with Crippen molar-refractivity contribution in [2.45, 2.75) is 0 Å². The van der Waals surface area contributed by atoms with Gasteiger partial charge in [-0.05, 0) is 29.3 Å². The van der Waals surface area contributed by atoms with Gasteiger partial charge in [-0.3, -0.25) is 0 Å². The fraction of sp³-hybridized carbons (Fsp3) is 0. The van der Waals surface area contributed by atoms with E-state index in [0.29, 0.717) is 34.9 Å². The molecule has 0 unspecified atom stereocenters. The van der Waals surface area contributed by atoms with E-state index in [1.54, 1.807) is 11.3 Å². The van der Waals surface area contributed by atoms with E-state index in [1.165, 1.54) is 25.7 Å². The standard InChI is InChI=1S/C48H30N6S/c1-5-14-32(15-6-1)43-49-44(33-16-7-2-8-17-33)52-47(51-43)36-26-24-31(25-27-36)38-22-13-23-39-40-30-37(28-29-41(40)55-42(38)39)48-53-45(34-18-9-3-10-19-34)50-46(54-48)35-20-11-4-12-21-35/h1-30H. The first-order valence-electron chi connectivity index (χ1n) is 18.0. The first kappa shape index (κ1) is 32.4. The summed E-state index contributed by atoms with van der Waals surface area (Å²) in [6.07, 6.45) is 0. The molecule has 0 saturated heterocycles. The number of hydrogen-bond acceptors (Lipinski definition) is 7. The van der Waals surface area contributed by atoms with Crippen molar-refractivity contribution in [3.05, 3.63) is 182 Å². The molecule has 3 aromatic heterocycles. The van der Waals surface area contributed by atoms with E-state index in [4.69, 9.17) is 29.9 Å². The average molecular weight is 723 g/mol. The molecule has 0 bridgehead atoms. The lowest BCUT2D eigenvalue weighted by Gasteiger charge is -2.09. The highest BCUT2D eigenvalue weighted by molar-refractivity contribution is 7.26. The second-order valence-corrected chi connectivity index (χ2v) is 14.2. The maximum Gasteiger partial charge on any atom is 0.164 e. The van der Waals surface area contributed by atoms with Gasteiger partial charge in [0.05, 0.1) is 0 Å². The van der Waals surface area contributed by atoms with Crippen molar-refractivity contribution in [2.75, 3.05) is 0 Å². The molecule has 3 heterocycles. The summed E-state index contributed by atoms with van der Waals surface area (Å²) in [4.78, 5) is 29.5. The Kier molecular flexibility index (Phi) is 8.24. The molecule has 0 atom stereocenters. The van der Waals surface area contributed by atoms with Crippen LogP contribution in [0.25, 0.3) is 99.6 Å². The van der Waals surface area contributed by atoms with E-state index in [0.717, 1.165) is 38.9 Å². The zero-order valence-electron chi connectivity index (χ0n) is 29.4. The van der Waals surface area contributed by atoms with Gasteiger partial charge in [0.15, 0.2) is 34.9 Å². The van der Waals surface area contributed by atoms with E-state index in [-0.39, 0.29) is 0 Å². The van der Waals surface area contributed by atoms with Gasteiger partial charge in [-0.1, -0.05) is 164 Å². The zero-order chi connectivity index (χ0) is 36.6. The average Bonchev–Trinajstić information content (AvgIpc) is 3.66. The molecular formula is C48H30N6S. The molecule has 6 nitrogen and oxygen atoms in total. The van der Waals surface area contributed by atoms with E-state index in [9.17, 15) is 0 Å². The highest BCUT2D eigenvalue weighted by Gasteiger charge is 2.17. The summed E-state index contributed by atoms with van der Waals surface area (Å²) in [5.74, 6) is 3.87. The van der Waals surface area contributed by atoms with Crippen LogP contribution >= 0.6 is 11.3 Å². The van der Waals surface area contributed by atoms with Gasteiger partial charge in [-0.25, -0.2) is 29.9 Å². The van der Waals surface area contributed by atoms with Crippen LogP contribution in [-0.2, 0) is 0 Å². The normalized spacial score (nSPS) is 11.3. The van der Waals surface area contributed by atoms with Crippen LogP contribution in [0.3, 0.4) is 0 Å². The van der Waals surface area contributed by atoms with Gasteiger partial charge >= 0.3 is 0 Å². The third-order valence-corrected chi connectivity index (χ3v) is 10.8. The minimum Gasteiger partial charge on any atom is -0.208 e. The Morgan fingerprint density at radius 3 is 1.07 bits per heavy atom. The highest BCUT2D eigenvalue weighted by Crippen LogP contribution is 2.41. The Morgan fingerprint density at radius 2 is 0.636 bits per heavy atom. The molecule has 0 amide bonds. The van der Waals surface area contributed by atoms with Crippen molar-refractivity contribution >= 4 is 31.5 Å². The Labute approximate surface area is 321 Å². The second-order valence-electron chi connectivity index (χ2n) is 13.1. The predicted octanol–water partition coefficient (Wildman–Crippen LogP) is 12.1. The number of nitrogens with zero attached hydrogens (tertiary/aromatic N) is 6. The third-order valence-electron chi connectivity index (χ3n) is 9.61. The van der Waals surface area contributed by atoms with Crippen molar-refractivity contribution in [3.8, 4) is 79.5 Å². The smallest absolute Gasteiger partial charge is 0.164 e. The van der Waals surface area contributed by atoms with E-state index < -0.39 is 0 Å². The lowest BCUT2D eigenvalue weighted by Crippen LogP contribution is -2.00. The van der Waals surface area contributed by atoms with Crippen molar-refractivity contribution in [1.29, 1.82) is 0 Å². The Morgan fingerprint density at radius 1 is 0.273 bits per heavy atom. The molecule has 10 rings (SSSR count). The molecule has 0 aliphatic heterocycles. The lowest BCUT2D eigenvalue weighted by molar-refractivity contribution is 1.07. The summed E-state index contributed by atoms with van der Waals surface area (Å²) in [5.41, 5.74) is 7.97. The fourth-order valence-corrected chi connectivity index (χ4v) is 8.06. The Bertz CT molecular complexity index is 2840. The Balaban J connectivity index is 1.03. The molecule has 10 aromatic rings. The zero-order valence-corrected chi connectivity index (χ0v) is 30.2. The van der Waals surface area contributed by atoms with E-state index in [1.807, 2.05) is 121 Å². The van der Waals surface area contributed by atoms with Crippen LogP contribution in [-0.4, -0.2) is 29.9 Å². The number of fused-ring (bicyclic) bond motifs is 3. The van der Waals surface area contributed by atoms with Crippen LogP contribution in [0.5, 0.6) is 0 Å². The van der Waals surface area contributed by atoms with Crippen LogP contribution in [0, 0.1) is 0 Å². The molecule has 0 aliphatic carbocycles. The quantitative estimate of drug-likeness (QED) is 0.163. The second kappa shape index (κ2) is 14.0. The molecular weight excluding hydrogens is 693 g/mol. The summed E-state index contributed by atoms with van der Waals surface area (Å²) < 4.78 is 2.43. The van der Waals surface area contributed by atoms with E-state index in [2.05, 4.69) is 60.7 Å². The summed E-state index contributed by atoms with van der Waals surface area (Å²) >= 11 is 1.80. The minimum absolute atomic E-state index is 0.635. The van der Waals surface area contributed by atoms with E-state index >= 15 is 0 Å². The van der Waals surface area contributed by atoms with Crippen molar-refractivity contribution in [1.82, 2.24) is 29.9 Å². The maximum atomic E-state index is 4.98. The maximum absolute atomic E-state index is 4.98. The number of thiophene rings is 1. The van der Waals surface area contributed by atoms with Crippen LogP contribution in [0.4, 0.5) is 0 Å². The molecule has 0 fully saturated rings. The van der Waals surface area contributed by atoms with Crippen molar-refractivity contribution in [3.63, 3.8) is 0 Å².